The molecule has 0 saturated heterocycles. The Labute approximate surface area is 274 Å². The molecular weight excluding hydrogens is 600 g/mol. The first-order chi connectivity index (χ1) is 22.8. The van der Waals surface area contributed by atoms with E-state index in [0.717, 1.165) is 53.4 Å². The predicted octanol–water partition coefficient (Wildman–Crippen LogP) is 4.77. The van der Waals surface area contributed by atoms with Gasteiger partial charge in [0.25, 0.3) is 0 Å². The molecule has 47 heavy (non-hydrogen) atoms. The maximum Gasteiger partial charge on any atom is 0.317 e. The standard InChI is InChI=1S/C36H46N4O7/c1-40(35(44)37-21-24-17-23-10-3-4-12-29(23)38-24)32-20-30(39-46-2)27-18-22(9-5-7-15-41)26(11-6-8-16-42)33-28-19-25(43)13-14-31(28)47-36(32,45)34(27)33/h3-4,10,12-14,17-19,22,26,32-34,38,41-43,45H,5-9,11,15-16,20-21H2,1-2H3,(H,37,44)/t22-,26+,32-,33+,34+,36+/m0/s1. The zero-order chi connectivity index (χ0) is 33.1. The molecule has 1 aliphatic heterocycles. The van der Waals surface area contributed by atoms with Crippen LogP contribution < -0.4 is 10.1 Å². The van der Waals surface area contributed by atoms with Crippen molar-refractivity contribution in [3.05, 3.63) is 71.4 Å². The molecule has 0 bridgehead atoms. The fraction of sp³-hybridized carbons (Fsp3) is 0.500. The number of aromatic amines is 1. The van der Waals surface area contributed by atoms with Gasteiger partial charge in [-0.05, 0) is 78.8 Å². The smallest absolute Gasteiger partial charge is 0.317 e. The molecule has 0 unspecified atom stereocenters. The molecule has 6 rings (SSSR count). The van der Waals surface area contributed by atoms with Crippen molar-refractivity contribution in [2.24, 2.45) is 22.9 Å². The van der Waals surface area contributed by atoms with E-state index in [2.05, 4.69) is 21.5 Å². The molecule has 3 aromatic rings. The van der Waals surface area contributed by atoms with Crippen LogP contribution in [0.25, 0.3) is 10.9 Å². The van der Waals surface area contributed by atoms with Gasteiger partial charge < -0.3 is 45.2 Å². The molecule has 1 aromatic heterocycles. The Hall–Kier alpha value is -4.06. The number of benzene rings is 2. The predicted molar refractivity (Wildman–Crippen MR) is 178 cm³/mol. The molecule has 2 amide bonds. The highest BCUT2D eigenvalue weighted by Gasteiger charge is 2.63. The van der Waals surface area contributed by atoms with Crippen molar-refractivity contribution < 1.29 is 34.8 Å². The summed E-state index contributed by atoms with van der Waals surface area (Å²) in [6, 6.07) is 13.7. The van der Waals surface area contributed by atoms with Crippen LogP contribution in [0.15, 0.2) is 65.3 Å². The Morgan fingerprint density at radius 2 is 1.87 bits per heavy atom. The van der Waals surface area contributed by atoms with Gasteiger partial charge in [0.15, 0.2) is 0 Å². The number of likely N-dealkylation sites (N-methyl/N-ethyl adjacent to an activating group) is 1. The van der Waals surface area contributed by atoms with E-state index in [1.165, 1.54) is 12.0 Å². The third-order valence-electron chi connectivity index (χ3n) is 10.3. The average molecular weight is 647 g/mol. The zero-order valence-corrected chi connectivity index (χ0v) is 27.1. The van der Waals surface area contributed by atoms with Crippen LogP contribution in [-0.2, 0) is 11.4 Å². The fourth-order valence-corrected chi connectivity index (χ4v) is 8.14. The number of phenolic OH excluding ortho intramolecular Hbond substituents is 1. The van der Waals surface area contributed by atoms with Gasteiger partial charge in [-0.2, -0.15) is 0 Å². The number of hydrogen-bond acceptors (Lipinski definition) is 8. The zero-order valence-electron chi connectivity index (χ0n) is 27.1. The minimum absolute atomic E-state index is 0.0358. The minimum Gasteiger partial charge on any atom is -0.508 e. The molecule has 0 spiro atoms. The molecule has 6 atom stereocenters. The lowest BCUT2D eigenvalue weighted by Crippen LogP contribution is -2.69. The van der Waals surface area contributed by atoms with E-state index in [-0.39, 0.29) is 55.7 Å². The molecule has 3 aliphatic rings. The first-order valence-corrected chi connectivity index (χ1v) is 16.6. The number of aliphatic hydroxyl groups is 3. The number of H-pyrrole nitrogens is 1. The maximum atomic E-state index is 13.8. The maximum absolute atomic E-state index is 13.8. The van der Waals surface area contributed by atoms with Gasteiger partial charge in [-0.15, -0.1) is 0 Å². The first-order valence-electron chi connectivity index (χ1n) is 16.6. The highest BCUT2D eigenvalue weighted by atomic mass is 16.6. The number of nitrogens with one attached hydrogen (secondary N) is 2. The summed E-state index contributed by atoms with van der Waals surface area (Å²) in [5, 5.41) is 51.1. The van der Waals surface area contributed by atoms with Gasteiger partial charge in [0.2, 0.25) is 5.79 Å². The summed E-state index contributed by atoms with van der Waals surface area (Å²) in [6.07, 6.45) is 6.94. The number of carbonyl (C=O) groups is 1. The van der Waals surface area contributed by atoms with Crippen LogP contribution in [0.2, 0.25) is 0 Å². The van der Waals surface area contributed by atoms with Gasteiger partial charge in [-0.25, -0.2) is 4.79 Å². The molecule has 2 aromatic carbocycles. The van der Waals surface area contributed by atoms with Gasteiger partial charge in [0, 0.05) is 49.4 Å². The number of hydrogen-bond donors (Lipinski definition) is 6. The molecule has 0 radical (unpaired) electrons. The van der Waals surface area contributed by atoms with Crippen molar-refractivity contribution in [1.29, 1.82) is 0 Å². The Morgan fingerprint density at radius 3 is 2.62 bits per heavy atom. The number of urea groups is 1. The number of carbonyl (C=O) groups excluding carboxylic acids is 1. The summed E-state index contributed by atoms with van der Waals surface area (Å²) in [5.41, 5.74) is 4.10. The number of amides is 2. The number of oxime groups is 1. The van der Waals surface area contributed by atoms with Gasteiger partial charge in [-0.3, -0.25) is 0 Å². The number of rotatable bonds is 12. The van der Waals surface area contributed by atoms with Crippen molar-refractivity contribution in [2.75, 3.05) is 27.4 Å². The van der Waals surface area contributed by atoms with E-state index < -0.39 is 17.7 Å². The number of allylic oxidation sites excluding steroid dienone is 1. The molecular formula is C36H46N4O7. The summed E-state index contributed by atoms with van der Waals surface area (Å²) >= 11 is 0. The first kappa shape index (κ1) is 32.9. The van der Waals surface area contributed by atoms with E-state index in [0.29, 0.717) is 24.3 Å². The van der Waals surface area contributed by atoms with E-state index in [1.54, 1.807) is 25.2 Å². The second-order valence-corrected chi connectivity index (χ2v) is 13.1. The van der Waals surface area contributed by atoms with E-state index in [9.17, 15) is 25.2 Å². The number of aromatic nitrogens is 1. The number of fused-ring (bicyclic) bond motifs is 3. The number of para-hydroxylation sites is 1. The Morgan fingerprint density at radius 1 is 1.11 bits per heavy atom. The Bertz CT molecular complexity index is 1600. The molecule has 1 fully saturated rings. The number of phenols is 1. The summed E-state index contributed by atoms with van der Waals surface area (Å²) < 4.78 is 6.54. The quantitative estimate of drug-likeness (QED) is 0.122. The lowest BCUT2D eigenvalue weighted by molar-refractivity contribution is -0.226. The topological polar surface area (TPSA) is 160 Å². The van der Waals surface area contributed by atoms with E-state index in [4.69, 9.17) is 9.57 Å². The second kappa shape index (κ2) is 14.0. The van der Waals surface area contributed by atoms with Gasteiger partial charge in [0.1, 0.15) is 24.7 Å². The van der Waals surface area contributed by atoms with Gasteiger partial charge in [0.05, 0.1) is 18.2 Å². The van der Waals surface area contributed by atoms with Crippen LogP contribution in [0.5, 0.6) is 11.5 Å². The van der Waals surface area contributed by atoms with E-state index >= 15 is 0 Å². The number of ether oxygens (including phenoxy) is 1. The van der Waals surface area contributed by atoms with Crippen LogP contribution in [0.3, 0.4) is 0 Å². The van der Waals surface area contributed by atoms with Gasteiger partial charge in [-0.1, -0.05) is 42.3 Å². The summed E-state index contributed by atoms with van der Waals surface area (Å²) in [6.45, 7) is 0.471. The normalized spacial score (nSPS) is 27.0. The van der Waals surface area contributed by atoms with Crippen LogP contribution in [0, 0.1) is 17.8 Å². The third-order valence-corrected chi connectivity index (χ3v) is 10.3. The third kappa shape index (κ3) is 6.31. The monoisotopic (exact) mass is 646 g/mol. The molecule has 1 saturated carbocycles. The number of unbranched alkanes of at least 4 members (excludes halogenated alkanes) is 2. The van der Waals surface area contributed by atoms with Crippen LogP contribution in [0.1, 0.15) is 62.1 Å². The van der Waals surface area contributed by atoms with Crippen molar-refractivity contribution in [3.8, 4) is 11.5 Å². The van der Waals surface area contributed by atoms with Crippen molar-refractivity contribution in [2.45, 2.75) is 69.2 Å². The average Bonchev–Trinajstić information content (AvgIpc) is 3.49. The lowest BCUT2D eigenvalue weighted by atomic mass is 9.55. The highest BCUT2D eigenvalue weighted by molar-refractivity contribution is 6.03. The summed E-state index contributed by atoms with van der Waals surface area (Å²) in [4.78, 5) is 23.9. The largest absolute Gasteiger partial charge is 0.508 e. The summed E-state index contributed by atoms with van der Waals surface area (Å²) in [5.74, 6) is -2.00. The fourth-order valence-electron chi connectivity index (χ4n) is 8.14. The van der Waals surface area contributed by atoms with Gasteiger partial charge >= 0.3 is 6.03 Å². The molecule has 11 heteroatoms. The molecule has 6 N–H and O–H groups in total. The van der Waals surface area contributed by atoms with Crippen LogP contribution in [0.4, 0.5) is 4.79 Å². The molecule has 11 nitrogen and oxygen atoms in total. The molecule has 2 heterocycles. The second-order valence-electron chi connectivity index (χ2n) is 13.1. The molecule has 2 aliphatic carbocycles. The minimum atomic E-state index is -1.81. The number of aliphatic hydroxyl groups excluding tert-OH is 2. The number of nitrogens with zero attached hydrogens (tertiary/aromatic N) is 2. The van der Waals surface area contributed by atoms with Crippen molar-refractivity contribution in [1.82, 2.24) is 15.2 Å². The van der Waals surface area contributed by atoms with Crippen LogP contribution >= 0.6 is 0 Å². The Kier molecular flexibility index (Phi) is 9.77. The van der Waals surface area contributed by atoms with Crippen LogP contribution in [-0.4, -0.2) is 81.3 Å². The Balaban J connectivity index is 1.38. The highest BCUT2D eigenvalue weighted by Crippen LogP contribution is 2.60. The number of aromatic hydroxyl groups is 1. The van der Waals surface area contributed by atoms with E-state index in [1.807, 2.05) is 30.3 Å². The SMILES string of the molecule is CON=C1C[C@H](N(C)C(=O)NCc2cc3ccccc3[nH]2)[C@@]2(O)Oc3ccc(O)cc3[C@H]3[C@H](CCCCO)[C@@H](CCCCO)C=C1[C@H]32. The lowest BCUT2D eigenvalue weighted by Gasteiger charge is -2.58. The summed E-state index contributed by atoms with van der Waals surface area (Å²) in [7, 11) is 3.15. The molecule has 252 valence electrons. The van der Waals surface area contributed by atoms with Crippen molar-refractivity contribution >= 4 is 22.6 Å². The van der Waals surface area contributed by atoms with Crippen molar-refractivity contribution in [3.63, 3.8) is 0 Å².